The molecule has 0 spiro atoms. The van der Waals surface area contributed by atoms with E-state index in [0.717, 1.165) is 19.8 Å². The summed E-state index contributed by atoms with van der Waals surface area (Å²) < 4.78 is 6.99. The third-order valence-corrected chi connectivity index (χ3v) is 3.79. The molecule has 0 atom stereocenters. The summed E-state index contributed by atoms with van der Waals surface area (Å²) in [5, 5.41) is 1.91. The Labute approximate surface area is 128 Å². The number of hydrogen-bond acceptors (Lipinski definition) is 3. The van der Waals surface area contributed by atoms with E-state index < -0.39 is 5.41 Å². The zero-order chi connectivity index (χ0) is 14.2. The molecule has 19 heavy (non-hydrogen) atoms. The van der Waals surface area contributed by atoms with Crippen molar-refractivity contribution in [1.82, 2.24) is 4.98 Å². The highest BCUT2D eigenvalue weighted by molar-refractivity contribution is 9.11. The van der Waals surface area contributed by atoms with Gasteiger partial charge in [-0.1, -0.05) is 0 Å². The van der Waals surface area contributed by atoms with Gasteiger partial charge in [0.05, 0.1) is 5.41 Å². The minimum atomic E-state index is -0.528. The first kappa shape index (κ1) is 14.5. The average Bonchev–Trinajstić information content (AvgIpc) is 2.27. The highest BCUT2D eigenvalue weighted by Crippen LogP contribution is 2.34. The number of carbonyl (C=O) groups excluding carboxylic acids is 1. The molecule has 0 amide bonds. The normalized spacial score (nSPS) is 11.6. The van der Waals surface area contributed by atoms with Crippen LogP contribution in [0, 0.1) is 5.41 Å². The van der Waals surface area contributed by atoms with Gasteiger partial charge in [0.25, 0.3) is 0 Å². The second kappa shape index (κ2) is 5.21. The molecule has 2 aromatic rings. The molecule has 0 fully saturated rings. The molecule has 1 aromatic heterocycles. The number of hydrogen-bond donors (Lipinski definition) is 0. The van der Waals surface area contributed by atoms with Gasteiger partial charge < -0.3 is 4.74 Å². The molecule has 5 heteroatoms. The van der Waals surface area contributed by atoms with Crippen LogP contribution in [-0.2, 0) is 4.79 Å². The van der Waals surface area contributed by atoms with Gasteiger partial charge in [0, 0.05) is 16.1 Å². The smallest absolute Gasteiger partial charge is 0.316 e. The third-order valence-electron chi connectivity index (χ3n) is 2.57. The Hall–Kier alpha value is -0.940. The van der Waals surface area contributed by atoms with Gasteiger partial charge in [-0.15, -0.1) is 0 Å². The molecule has 2 rings (SSSR count). The lowest BCUT2D eigenvalue weighted by molar-refractivity contribution is -0.142. The summed E-state index contributed by atoms with van der Waals surface area (Å²) in [5.41, 5.74) is -0.528. The predicted molar refractivity (Wildman–Crippen MR) is 82.2 cm³/mol. The number of ether oxygens (including phenoxy) is 1. The SMILES string of the molecule is CC(C)(C)C(=O)Oc1cc(Br)c2c(Br)nccc2c1. The number of aromatic nitrogens is 1. The number of nitrogens with zero attached hydrogens (tertiary/aromatic N) is 1. The van der Waals surface area contributed by atoms with Gasteiger partial charge in [0.15, 0.2) is 0 Å². The Morgan fingerprint density at radius 3 is 2.58 bits per heavy atom. The van der Waals surface area contributed by atoms with E-state index in [4.69, 9.17) is 4.74 Å². The van der Waals surface area contributed by atoms with Crippen molar-refractivity contribution >= 4 is 48.6 Å². The predicted octanol–water partition coefficient (Wildman–Crippen LogP) is 4.71. The molecule has 1 aromatic carbocycles. The maximum atomic E-state index is 11.9. The highest BCUT2D eigenvalue weighted by Gasteiger charge is 2.24. The molecule has 3 nitrogen and oxygen atoms in total. The van der Waals surface area contributed by atoms with Crippen LogP contribution in [0.4, 0.5) is 0 Å². The Bertz CT molecular complexity index is 648. The Balaban J connectivity index is 2.45. The maximum Gasteiger partial charge on any atom is 0.316 e. The monoisotopic (exact) mass is 385 g/mol. The molecular weight excluding hydrogens is 374 g/mol. The van der Waals surface area contributed by atoms with E-state index in [2.05, 4.69) is 36.8 Å². The molecule has 0 aliphatic rings. The number of carbonyl (C=O) groups is 1. The average molecular weight is 387 g/mol. The second-order valence-corrected chi connectivity index (χ2v) is 6.85. The summed E-state index contributed by atoms with van der Waals surface area (Å²) in [7, 11) is 0. The van der Waals surface area contributed by atoms with E-state index in [1.54, 1.807) is 12.3 Å². The number of benzene rings is 1. The molecule has 0 saturated carbocycles. The summed E-state index contributed by atoms with van der Waals surface area (Å²) in [6.45, 7) is 5.48. The quantitative estimate of drug-likeness (QED) is 0.404. The van der Waals surface area contributed by atoms with Crippen LogP contribution in [0.5, 0.6) is 5.75 Å². The fraction of sp³-hybridized carbons (Fsp3) is 0.286. The number of pyridine rings is 1. The standard InChI is InChI=1S/C14H13Br2NO2/c1-14(2,3)13(18)19-9-6-8-4-5-17-12(16)11(8)10(15)7-9/h4-7H,1-3H3. The van der Waals surface area contributed by atoms with Gasteiger partial charge in [0.2, 0.25) is 0 Å². The van der Waals surface area contributed by atoms with Crippen LogP contribution >= 0.6 is 31.9 Å². The topological polar surface area (TPSA) is 39.2 Å². The van der Waals surface area contributed by atoms with Crippen molar-refractivity contribution in [3.8, 4) is 5.75 Å². The summed E-state index contributed by atoms with van der Waals surface area (Å²) in [6.07, 6.45) is 1.70. The lowest BCUT2D eigenvalue weighted by Gasteiger charge is -2.17. The van der Waals surface area contributed by atoms with E-state index in [9.17, 15) is 4.79 Å². The summed E-state index contributed by atoms with van der Waals surface area (Å²) in [5.74, 6) is 0.268. The van der Waals surface area contributed by atoms with Crippen LogP contribution in [0.3, 0.4) is 0 Å². The molecular formula is C14H13Br2NO2. The first-order valence-corrected chi connectivity index (χ1v) is 7.33. The van der Waals surface area contributed by atoms with Crippen LogP contribution in [0.25, 0.3) is 10.8 Å². The minimum Gasteiger partial charge on any atom is -0.426 e. The number of fused-ring (bicyclic) bond motifs is 1. The van der Waals surface area contributed by atoms with Gasteiger partial charge in [-0.3, -0.25) is 4.79 Å². The van der Waals surface area contributed by atoms with E-state index in [-0.39, 0.29) is 5.97 Å². The summed E-state index contributed by atoms with van der Waals surface area (Å²) >= 11 is 6.88. The molecule has 100 valence electrons. The Morgan fingerprint density at radius 1 is 1.26 bits per heavy atom. The van der Waals surface area contributed by atoms with Gasteiger partial charge >= 0.3 is 5.97 Å². The molecule has 0 radical (unpaired) electrons. The van der Waals surface area contributed by atoms with Gasteiger partial charge in [-0.25, -0.2) is 4.98 Å². The van der Waals surface area contributed by atoms with Crippen molar-refractivity contribution in [1.29, 1.82) is 0 Å². The molecule has 0 aliphatic carbocycles. The van der Waals surface area contributed by atoms with E-state index >= 15 is 0 Å². The van der Waals surface area contributed by atoms with Crippen LogP contribution in [0.1, 0.15) is 20.8 Å². The van der Waals surface area contributed by atoms with Gasteiger partial charge in [-0.2, -0.15) is 0 Å². The van der Waals surface area contributed by atoms with Crippen molar-refractivity contribution in [2.24, 2.45) is 5.41 Å². The first-order chi connectivity index (χ1) is 8.79. The van der Waals surface area contributed by atoms with Crippen LogP contribution in [0.15, 0.2) is 33.5 Å². The molecule has 0 N–H and O–H groups in total. The zero-order valence-corrected chi connectivity index (χ0v) is 14.0. The summed E-state index contributed by atoms with van der Waals surface area (Å²) in [4.78, 5) is 16.1. The van der Waals surface area contributed by atoms with Crippen molar-refractivity contribution in [3.63, 3.8) is 0 Å². The van der Waals surface area contributed by atoms with Crippen LogP contribution in [-0.4, -0.2) is 11.0 Å². The molecule has 0 aliphatic heterocycles. The van der Waals surface area contributed by atoms with Crippen molar-refractivity contribution in [2.75, 3.05) is 0 Å². The molecule has 0 bridgehead atoms. The molecule has 0 saturated heterocycles. The maximum absolute atomic E-state index is 11.9. The van der Waals surface area contributed by atoms with Gasteiger partial charge in [-0.05, 0) is 76.2 Å². The fourth-order valence-corrected chi connectivity index (χ4v) is 2.99. The Morgan fingerprint density at radius 2 is 1.95 bits per heavy atom. The lowest BCUT2D eigenvalue weighted by Crippen LogP contribution is -2.25. The largest absolute Gasteiger partial charge is 0.426 e. The zero-order valence-electron chi connectivity index (χ0n) is 10.8. The lowest BCUT2D eigenvalue weighted by atomic mass is 9.97. The number of esters is 1. The van der Waals surface area contributed by atoms with E-state index in [1.165, 1.54) is 0 Å². The van der Waals surface area contributed by atoms with Crippen LogP contribution in [0.2, 0.25) is 0 Å². The molecule has 0 unspecified atom stereocenters. The number of rotatable bonds is 1. The van der Waals surface area contributed by atoms with E-state index in [1.807, 2.05) is 32.9 Å². The fourth-order valence-electron chi connectivity index (χ4n) is 1.52. The van der Waals surface area contributed by atoms with Crippen molar-refractivity contribution < 1.29 is 9.53 Å². The highest BCUT2D eigenvalue weighted by atomic mass is 79.9. The first-order valence-electron chi connectivity index (χ1n) is 5.75. The minimum absolute atomic E-state index is 0.258. The second-order valence-electron chi connectivity index (χ2n) is 5.24. The third kappa shape index (κ3) is 3.15. The molecule has 1 heterocycles. The summed E-state index contributed by atoms with van der Waals surface area (Å²) in [6, 6.07) is 5.48. The van der Waals surface area contributed by atoms with E-state index in [0.29, 0.717) is 5.75 Å². The van der Waals surface area contributed by atoms with Crippen molar-refractivity contribution in [3.05, 3.63) is 33.5 Å². The Kier molecular flexibility index (Phi) is 3.97. The van der Waals surface area contributed by atoms with Crippen molar-refractivity contribution in [2.45, 2.75) is 20.8 Å². The number of halogens is 2. The van der Waals surface area contributed by atoms with Crippen LogP contribution < -0.4 is 4.74 Å². The van der Waals surface area contributed by atoms with Gasteiger partial charge in [0.1, 0.15) is 10.4 Å².